The quantitative estimate of drug-likeness (QED) is 0.468. The molecule has 0 aliphatic carbocycles. The van der Waals surface area contributed by atoms with E-state index in [9.17, 15) is 4.79 Å². The number of carbonyl (C=O) groups excluding carboxylic acids is 1. The van der Waals surface area contributed by atoms with Gasteiger partial charge in [0.1, 0.15) is 0 Å². The molecule has 0 heterocycles. The second-order valence-electron chi connectivity index (χ2n) is 7.17. The van der Waals surface area contributed by atoms with Gasteiger partial charge in [-0.25, -0.2) is 4.79 Å². The molecule has 0 aliphatic heterocycles. The van der Waals surface area contributed by atoms with Crippen LogP contribution in [0.15, 0.2) is 54.6 Å². The fourth-order valence-corrected chi connectivity index (χ4v) is 3.45. The largest absolute Gasteiger partial charge is 0.465 e. The van der Waals surface area contributed by atoms with Gasteiger partial charge in [0.2, 0.25) is 0 Å². The second-order valence-corrected chi connectivity index (χ2v) is 7.17. The van der Waals surface area contributed by atoms with Gasteiger partial charge in [0.25, 0.3) is 0 Å². The number of aryl methyl sites for hydroxylation is 1. The van der Waals surface area contributed by atoms with Crippen LogP contribution >= 0.6 is 0 Å². The van der Waals surface area contributed by atoms with Gasteiger partial charge in [-0.2, -0.15) is 0 Å². The average Bonchev–Trinajstić information content (AvgIpc) is 2.73. The Hall–Kier alpha value is -2.87. The molecule has 3 aromatic rings. The smallest absolute Gasteiger partial charge is 0.337 e. The maximum Gasteiger partial charge on any atom is 0.337 e. The molecule has 2 heteroatoms. The van der Waals surface area contributed by atoms with E-state index in [1.54, 1.807) is 24.3 Å². The second kappa shape index (κ2) is 9.36. The van der Waals surface area contributed by atoms with Gasteiger partial charge >= 0.3 is 5.97 Å². The third-order valence-electron chi connectivity index (χ3n) is 5.61. The van der Waals surface area contributed by atoms with Crippen LogP contribution in [0.3, 0.4) is 0 Å². The third kappa shape index (κ3) is 4.51. The highest BCUT2D eigenvalue weighted by Crippen LogP contribution is 2.35. The molecule has 0 radical (unpaired) electrons. The molecule has 146 valence electrons. The first-order chi connectivity index (χ1) is 13.3. The maximum absolute atomic E-state index is 10.8. The van der Waals surface area contributed by atoms with E-state index >= 15 is 0 Å². The summed E-state index contributed by atoms with van der Waals surface area (Å²) in [7, 11) is 1.37. The summed E-state index contributed by atoms with van der Waals surface area (Å²) in [5.74, 6) is -0.291. The molecule has 0 saturated carbocycles. The summed E-state index contributed by atoms with van der Waals surface area (Å²) >= 11 is 0. The highest BCUT2D eigenvalue weighted by atomic mass is 16.5. The zero-order valence-corrected chi connectivity index (χ0v) is 18.0. The molecule has 3 rings (SSSR count). The zero-order valence-electron chi connectivity index (χ0n) is 18.0. The Morgan fingerprint density at radius 1 is 0.643 bits per heavy atom. The third-order valence-corrected chi connectivity index (χ3v) is 5.61. The zero-order chi connectivity index (χ0) is 20.8. The molecule has 0 amide bonds. The SMILES string of the molecule is COC(=O)c1ccccc1.Cc1ccccc1-c1c(C)c(C)c(C)c(C)c1C. The molecule has 0 atom stereocenters. The standard InChI is InChI=1S/C18H22.C8H8O2/c1-11-9-7-8-10-17(11)18-15(5)13(3)12(2)14(4)16(18)6;1-10-8(9)7-5-3-2-4-6-7/h7-10H,1-6H3;2-6H,1H3. The Morgan fingerprint density at radius 2 is 1.11 bits per heavy atom. The molecular formula is C26H30O2. The number of rotatable bonds is 2. The number of ether oxygens (including phenoxy) is 1. The van der Waals surface area contributed by atoms with Crippen LogP contribution in [0, 0.1) is 41.5 Å². The minimum atomic E-state index is -0.291. The molecule has 0 bridgehead atoms. The van der Waals surface area contributed by atoms with Gasteiger partial charge < -0.3 is 4.74 Å². The Balaban J connectivity index is 0.000000237. The van der Waals surface area contributed by atoms with Crippen molar-refractivity contribution in [3.05, 3.63) is 93.5 Å². The van der Waals surface area contributed by atoms with Gasteiger partial charge in [0, 0.05) is 0 Å². The molecule has 28 heavy (non-hydrogen) atoms. The summed E-state index contributed by atoms with van der Waals surface area (Å²) in [5, 5.41) is 0. The van der Waals surface area contributed by atoms with Crippen LogP contribution in [0.2, 0.25) is 0 Å². The lowest BCUT2D eigenvalue weighted by Gasteiger charge is -2.20. The minimum absolute atomic E-state index is 0.291. The Labute approximate surface area is 169 Å². The number of esters is 1. The van der Waals surface area contributed by atoms with Crippen LogP contribution in [0.4, 0.5) is 0 Å². The van der Waals surface area contributed by atoms with Crippen LogP contribution in [0.25, 0.3) is 11.1 Å². The Morgan fingerprint density at radius 3 is 1.61 bits per heavy atom. The predicted molar refractivity (Wildman–Crippen MR) is 118 cm³/mol. The van der Waals surface area contributed by atoms with Crippen molar-refractivity contribution in [2.75, 3.05) is 7.11 Å². The van der Waals surface area contributed by atoms with E-state index in [-0.39, 0.29) is 5.97 Å². The monoisotopic (exact) mass is 374 g/mol. The molecule has 0 unspecified atom stereocenters. The van der Waals surface area contributed by atoms with Crippen molar-refractivity contribution in [2.24, 2.45) is 0 Å². The first-order valence-electron chi connectivity index (χ1n) is 9.55. The van der Waals surface area contributed by atoms with E-state index in [0.717, 1.165) is 0 Å². The first kappa shape index (κ1) is 21.4. The van der Waals surface area contributed by atoms with Gasteiger partial charge in [0.15, 0.2) is 0 Å². The molecule has 0 fully saturated rings. The maximum atomic E-state index is 10.8. The molecule has 0 aliphatic rings. The highest BCUT2D eigenvalue weighted by Gasteiger charge is 2.14. The van der Waals surface area contributed by atoms with E-state index < -0.39 is 0 Å². The van der Waals surface area contributed by atoms with Crippen molar-refractivity contribution in [3.8, 4) is 11.1 Å². The lowest BCUT2D eigenvalue weighted by molar-refractivity contribution is 0.0600. The van der Waals surface area contributed by atoms with Crippen LogP contribution < -0.4 is 0 Å². The molecule has 0 spiro atoms. The van der Waals surface area contributed by atoms with Gasteiger partial charge in [0.05, 0.1) is 12.7 Å². The van der Waals surface area contributed by atoms with Crippen molar-refractivity contribution in [3.63, 3.8) is 0 Å². The minimum Gasteiger partial charge on any atom is -0.465 e. The molecule has 3 aromatic carbocycles. The topological polar surface area (TPSA) is 26.3 Å². The highest BCUT2D eigenvalue weighted by molar-refractivity contribution is 5.89. The van der Waals surface area contributed by atoms with Gasteiger partial charge in [-0.3, -0.25) is 0 Å². The number of hydrogen-bond acceptors (Lipinski definition) is 2. The molecule has 0 N–H and O–H groups in total. The van der Waals surface area contributed by atoms with Crippen molar-refractivity contribution in [2.45, 2.75) is 41.5 Å². The molecular weight excluding hydrogens is 344 g/mol. The van der Waals surface area contributed by atoms with Gasteiger partial charge in [-0.1, -0.05) is 42.5 Å². The van der Waals surface area contributed by atoms with Gasteiger partial charge in [-0.15, -0.1) is 0 Å². The first-order valence-corrected chi connectivity index (χ1v) is 9.55. The summed E-state index contributed by atoms with van der Waals surface area (Å²) in [4.78, 5) is 10.8. The van der Waals surface area contributed by atoms with Crippen molar-refractivity contribution in [1.29, 1.82) is 0 Å². The summed E-state index contributed by atoms with van der Waals surface area (Å²) in [5.41, 5.74) is 11.9. The molecule has 0 aromatic heterocycles. The fourth-order valence-electron chi connectivity index (χ4n) is 3.45. The fraction of sp³-hybridized carbons (Fsp3) is 0.269. The van der Waals surface area contributed by atoms with E-state index in [1.165, 1.54) is 51.6 Å². The van der Waals surface area contributed by atoms with Crippen molar-refractivity contribution < 1.29 is 9.53 Å². The Bertz CT molecular complexity index is 940. The summed E-state index contributed by atoms with van der Waals surface area (Å²) in [6, 6.07) is 17.5. The predicted octanol–water partition coefficient (Wildman–Crippen LogP) is 6.68. The average molecular weight is 375 g/mol. The molecule has 0 saturated heterocycles. The normalized spacial score (nSPS) is 10.1. The lowest BCUT2D eigenvalue weighted by atomic mass is 9.85. The van der Waals surface area contributed by atoms with E-state index in [0.29, 0.717) is 5.56 Å². The van der Waals surface area contributed by atoms with E-state index in [4.69, 9.17) is 0 Å². The van der Waals surface area contributed by atoms with E-state index in [1.807, 2.05) is 6.07 Å². The van der Waals surface area contributed by atoms with Crippen LogP contribution in [0.5, 0.6) is 0 Å². The van der Waals surface area contributed by atoms with Crippen molar-refractivity contribution in [1.82, 2.24) is 0 Å². The lowest BCUT2D eigenvalue weighted by Crippen LogP contribution is -2.00. The summed E-state index contributed by atoms with van der Waals surface area (Å²) in [6.07, 6.45) is 0. The summed E-state index contributed by atoms with van der Waals surface area (Å²) < 4.78 is 4.50. The number of hydrogen-bond donors (Lipinski definition) is 0. The molecule has 2 nitrogen and oxygen atoms in total. The van der Waals surface area contributed by atoms with Crippen molar-refractivity contribution >= 4 is 5.97 Å². The number of benzene rings is 3. The van der Waals surface area contributed by atoms with Crippen LogP contribution in [-0.4, -0.2) is 13.1 Å². The number of methoxy groups -OCH3 is 1. The van der Waals surface area contributed by atoms with Crippen LogP contribution in [0.1, 0.15) is 43.7 Å². The van der Waals surface area contributed by atoms with Gasteiger partial charge in [-0.05, 0) is 98.2 Å². The van der Waals surface area contributed by atoms with E-state index in [2.05, 4.69) is 70.5 Å². The summed E-state index contributed by atoms with van der Waals surface area (Å²) in [6.45, 7) is 13.4. The number of carbonyl (C=O) groups is 1. The van der Waals surface area contributed by atoms with Crippen LogP contribution in [-0.2, 0) is 4.74 Å². The Kier molecular flexibility index (Phi) is 7.17.